The molecule has 1 fully saturated rings. The maximum absolute atomic E-state index is 6.02. The number of morpholine rings is 1. The first-order chi connectivity index (χ1) is 12.0. The lowest BCUT2D eigenvalue weighted by molar-refractivity contribution is -0.107. The summed E-state index contributed by atoms with van der Waals surface area (Å²) in [5, 5.41) is 11.8. The molecule has 0 saturated carbocycles. The molecule has 7 heteroatoms. The smallest absolute Gasteiger partial charge is 0.257 e. The van der Waals surface area contributed by atoms with Crippen LogP contribution in [0, 0.1) is 6.92 Å². The second kappa shape index (κ2) is 6.09. The van der Waals surface area contributed by atoms with Crippen molar-refractivity contribution in [2.45, 2.75) is 32.5 Å². The van der Waals surface area contributed by atoms with Gasteiger partial charge in [0.05, 0.1) is 17.0 Å². The van der Waals surface area contributed by atoms with Crippen LogP contribution in [-0.4, -0.2) is 38.6 Å². The van der Waals surface area contributed by atoms with E-state index in [9.17, 15) is 0 Å². The Morgan fingerprint density at radius 2 is 2.00 bits per heavy atom. The van der Waals surface area contributed by atoms with Crippen LogP contribution in [-0.2, 0) is 4.74 Å². The quantitative estimate of drug-likeness (QED) is 0.790. The van der Waals surface area contributed by atoms with Crippen molar-refractivity contribution in [2.75, 3.05) is 13.1 Å². The summed E-state index contributed by atoms with van der Waals surface area (Å²) in [6.07, 6.45) is 1.71. The second-order valence-corrected chi connectivity index (χ2v) is 6.90. The van der Waals surface area contributed by atoms with Crippen LogP contribution in [0.4, 0.5) is 0 Å². The van der Waals surface area contributed by atoms with Gasteiger partial charge in [0, 0.05) is 24.8 Å². The largest absolute Gasteiger partial charge is 0.360 e. The fraction of sp³-hybridized carbons (Fsp3) is 0.389. The molecule has 1 aliphatic rings. The predicted octanol–water partition coefficient (Wildman–Crippen LogP) is 2.67. The zero-order chi connectivity index (χ0) is 17.4. The molecule has 3 heterocycles. The van der Waals surface area contributed by atoms with Crippen LogP contribution in [0.1, 0.15) is 31.5 Å². The fourth-order valence-corrected chi connectivity index (χ4v) is 2.92. The van der Waals surface area contributed by atoms with Crippen molar-refractivity contribution in [1.29, 1.82) is 0 Å². The van der Waals surface area contributed by atoms with E-state index in [1.807, 2.05) is 62.0 Å². The van der Waals surface area contributed by atoms with Crippen molar-refractivity contribution in [2.24, 2.45) is 0 Å². The van der Waals surface area contributed by atoms with Crippen molar-refractivity contribution < 1.29 is 9.26 Å². The summed E-state index contributed by atoms with van der Waals surface area (Å²) in [6, 6.07) is 9.87. The molecule has 0 radical (unpaired) electrons. The minimum absolute atomic E-state index is 0.226. The molecule has 1 N–H and O–H groups in total. The first-order valence-electron chi connectivity index (χ1n) is 8.35. The molecule has 130 valence electrons. The van der Waals surface area contributed by atoms with Gasteiger partial charge in [-0.1, -0.05) is 5.16 Å². The molecule has 1 saturated heterocycles. The van der Waals surface area contributed by atoms with Gasteiger partial charge in [-0.3, -0.25) is 0 Å². The van der Waals surface area contributed by atoms with E-state index in [-0.39, 0.29) is 11.7 Å². The van der Waals surface area contributed by atoms with Crippen molar-refractivity contribution in [3.05, 3.63) is 48.1 Å². The number of hydrogen-bond donors (Lipinski definition) is 1. The lowest BCUT2D eigenvalue weighted by Crippen LogP contribution is -2.46. The second-order valence-electron chi connectivity index (χ2n) is 6.90. The molecule has 0 bridgehead atoms. The van der Waals surface area contributed by atoms with E-state index in [1.54, 1.807) is 0 Å². The van der Waals surface area contributed by atoms with Crippen LogP contribution in [0.5, 0.6) is 0 Å². The van der Waals surface area contributed by atoms with E-state index < -0.39 is 0 Å². The summed E-state index contributed by atoms with van der Waals surface area (Å²) < 4.78 is 13.3. The van der Waals surface area contributed by atoms with Gasteiger partial charge in [0.1, 0.15) is 6.10 Å². The zero-order valence-electron chi connectivity index (χ0n) is 14.6. The molecule has 0 amide bonds. The molecule has 7 nitrogen and oxygen atoms in total. The molecule has 1 atom stereocenters. The topological polar surface area (TPSA) is 78.0 Å². The molecule has 25 heavy (non-hydrogen) atoms. The first kappa shape index (κ1) is 16.0. The van der Waals surface area contributed by atoms with Gasteiger partial charge in [-0.25, -0.2) is 4.68 Å². The molecular weight excluding hydrogens is 318 g/mol. The summed E-state index contributed by atoms with van der Waals surface area (Å²) in [5.41, 5.74) is 2.62. The average molecular weight is 339 g/mol. The lowest BCUT2D eigenvalue weighted by Gasteiger charge is -2.34. The summed E-state index contributed by atoms with van der Waals surface area (Å²) in [4.78, 5) is 4.51. The van der Waals surface area contributed by atoms with Crippen LogP contribution in [0.15, 0.2) is 41.1 Å². The lowest BCUT2D eigenvalue weighted by atomic mass is 10.1. The molecule has 0 spiro atoms. The molecule has 1 aromatic carbocycles. The number of nitrogens with one attached hydrogen (secondary N) is 1. The van der Waals surface area contributed by atoms with Gasteiger partial charge in [0.25, 0.3) is 5.89 Å². The molecular formula is C18H21N5O2. The highest BCUT2D eigenvalue weighted by atomic mass is 16.5. The highest BCUT2D eigenvalue weighted by Crippen LogP contribution is 2.27. The highest BCUT2D eigenvalue weighted by molar-refractivity contribution is 5.56. The molecule has 4 rings (SSSR count). The van der Waals surface area contributed by atoms with Gasteiger partial charge in [-0.05, 0) is 51.1 Å². The number of hydrogen-bond acceptors (Lipinski definition) is 6. The number of nitrogens with zero attached hydrogens (tertiary/aromatic N) is 4. The Bertz CT molecular complexity index is 866. The van der Waals surface area contributed by atoms with Crippen LogP contribution in [0.25, 0.3) is 17.1 Å². The summed E-state index contributed by atoms with van der Waals surface area (Å²) in [5.74, 6) is 1.06. The van der Waals surface area contributed by atoms with Gasteiger partial charge in [0.2, 0.25) is 5.82 Å². The zero-order valence-corrected chi connectivity index (χ0v) is 14.6. The van der Waals surface area contributed by atoms with Crippen molar-refractivity contribution in [1.82, 2.24) is 25.2 Å². The number of rotatable bonds is 3. The summed E-state index contributed by atoms with van der Waals surface area (Å²) in [6.45, 7) is 7.52. The Labute approximate surface area is 146 Å². The highest BCUT2D eigenvalue weighted by Gasteiger charge is 2.32. The number of aryl methyl sites for hydroxylation is 1. The molecule has 1 aliphatic heterocycles. The SMILES string of the molecule is Cc1ccn(-c2ccc(-c3noc(C4CNCC(C)(C)O4)n3)cc2)n1. The minimum atomic E-state index is -0.249. The maximum atomic E-state index is 6.02. The van der Waals surface area contributed by atoms with Gasteiger partial charge < -0.3 is 14.6 Å². The van der Waals surface area contributed by atoms with Gasteiger partial charge in [-0.2, -0.15) is 10.1 Å². The van der Waals surface area contributed by atoms with E-state index >= 15 is 0 Å². The Morgan fingerprint density at radius 3 is 2.68 bits per heavy atom. The Morgan fingerprint density at radius 1 is 1.20 bits per heavy atom. The Kier molecular flexibility index (Phi) is 3.89. The third-order valence-corrected chi connectivity index (χ3v) is 4.17. The standard InChI is InChI=1S/C18H21N5O2/c1-12-8-9-23(21-12)14-6-4-13(5-7-14)16-20-17(25-22-16)15-10-19-11-18(2,3)24-15/h4-9,15,19H,10-11H2,1-3H3. The molecule has 2 aromatic heterocycles. The van der Waals surface area contributed by atoms with E-state index in [2.05, 4.69) is 20.6 Å². The van der Waals surface area contributed by atoms with Crippen molar-refractivity contribution >= 4 is 0 Å². The monoisotopic (exact) mass is 339 g/mol. The van der Waals surface area contributed by atoms with Crippen molar-refractivity contribution in [3.63, 3.8) is 0 Å². The van der Waals surface area contributed by atoms with E-state index in [1.165, 1.54) is 0 Å². The number of ether oxygens (including phenoxy) is 1. The van der Waals surface area contributed by atoms with Gasteiger partial charge in [0.15, 0.2) is 0 Å². The first-order valence-corrected chi connectivity index (χ1v) is 8.35. The number of aromatic nitrogens is 4. The van der Waals surface area contributed by atoms with E-state index in [0.29, 0.717) is 18.3 Å². The Hall–Kier alpha value is -2.51. The Balaban J connectivity index is 1.54. The van der Waals surface area contributed by atoms with Crippen LogP contribution in [0.3, 0.4) is 0 Å². The normalized spacial score (nSPS) is 19.9. The fourth-order valence-electron chi connectivity index (χ4n) is 2.92. The minimum Gasteiger partial charge on any atom is -0.360 e. The number of benzene rings is 1. The maximum Gasteiger partial charge on any atom is 0.257 e. The van der Waals surface area contributed by atoms with E-state index in [4.69, 9.17) is 9.26 Å². The third-order valence-electron chi connectivity index (χ3n) is 4.17. The molecule has 0 aliphatic carbocycles. The van der Waals surface area contributed by atoms with E-state index in [0.717, 1.165) is 23.5 Å². The predicted molar refractivity (Wildman–Crippen MR) is 92.4 cm³/mol. The van der Waals surface area contributed by atoms with Crippen LogP contribution in [0.2, 0.25) is 0 Å². The molecule has 1 unspecified atom stereocenters. The van der Waals surface area contributed by atoms with Crippen LogP contribution < -0.4 is 5.32 Å². The van der Waals surface area contributed by atoms with Crippen LogP contribution >= 0.6 is 0 Å². The van der Waals surface area contributed by atoms with Crippen molar-refractivity contribution in [3.8, 4) is 17.1 Å². The molecule has 3 aromatic rings. The van der Waals surface area contributed by atoms with Gasteiger partial charge in [-0.15, -0.1) is 0 Å². The third kappa shape index (κ3) is 3.33. The van der Waals surface area contributed by atoms with Gasteiger partial charge >= 0.3 is 0 Å². The summed E-state index contributed by atoms with van der Waals surface area (Å²) >= 11 is 0. The summed E-state index contributed by atoms with van der Waals surface area (Å²) in [7, 11) is 0. The average Bonchev–Trinajstić information content (AvgIpc) is 3.23.